The van der Waals surface area contributed by atoms with Gasteiger partial charge in [-0.1, -0.05) is 48.5 Å². The number of fused-ring (bicyclic) bond motifs is 3. The number of nitrogen functional groups attached to an aromatic ring is 1. The highest BCUT2D eigenvalue weighted by Crippen LogP contribution is 2.57. The van der Waals surface area contributed by atoms with Crippen molar-refractivity contribution in [2.24, 2.45) is 0 Å². The van der Waals surface area contributed by atoms with Gasteiger partial charge in [0.15, 0.2) is 0 Å². The van der Waals surface area contributed by atoms with Crippen molar-refractivity contribution in [1.82, 2.24) is 0 Å². The number of nitrogens with zero attached hydrogens (tertiary/aromatic N) is 3. The zero-order valence-electron chi connectivity index (χ0n) is 31.4. The molecule has 0 bridgehead atoms. The molecule has 60 heavy (non-hydrogen) atoms. The van der Waals surface area contributed by atoms with Gasteiger partial charge in [0, 0.05) is 5.69 Å². The average molecular weight is 785 g/mol. The summed E-state index contributed by atoms with van der Waals surface area (Å²) in [6.07, 6.45) is 0. The molecular formula is C52H28F4N4. The van der Waals surface area contributed by atoms with Crippen LogP contribution in [0.15, 0.2) is 158 Å². The van der Waals surface area contributed by atoms with Gasteiger partial charge in [-0.3, -0.25) is 0 Å². The smallest absolute Gasteiger partial charge is 0.125 e. The van der Waals surface area contributed by atoms with Crippen LogP contribution < -0.4 is 5.73 Å². The van der Waals surface area contributed by atoms with Gasteiger partial charge in [-0.25, -0.2) is 17.6 Å². The van der Waals surface area contributed by atoms with Crippen LogP contribution in [0.25, 0.3) is 55.6 Å². The SMILES string of the molecule is N#Cc1cc(F)cc(-c2cc(-c3cc(N)cc(F)c3)cc(C3(c4cc(-c5cc(F)cc(C#N)c5)cc(-c5cc(F)cc(C#N)c5)c4)c4ccccc4-c4ccccc43)c2)c1. The highest BCUT2D eigenvalue weighted by atomic mass is 19.1. The maximum absolute atomic E-state index is 15.2. The first-order chi connectivity index (χ1) is 29.1. The van der Waals surface area contributed by atoms with Gasteiger partial charge in [-0.15, -0.1) is 0 Å². The Balaban J connectivity index is 1.46. The first-order valence-electron chi connectivity index (χ1n) is 18.8. The van der Waals surface area contributed by atoms with E-state index in [4.69, 9.17) is 5.73 Å². The van der Waals surface area contributed by atoms with E-state index in [0.29, 0.717) is 55.6 Å². The van der Waals surface area contributed by atoms with Crippen molar-refractivity contribution in [2.45, 2.75) is 5.41 Å². The molecule has 1 aliphatic rings. The van der Waals surface area contributed by atoms with Crippen molar-refractivity contribution in [3.05, 3.63) is 220 Å². The Morgan fingerprint density at radius 3 is 1.03 bits per heavy atom. The molecule has 0 atom stereocenters. The number of nitrogens with two attached hydrogens (primary N) is 1. The predicted molar refractivity (Wildman–Crippen MR) is 224 cm³/mol. The molecule has 284 valence electrons. The third-order valence-electron chi connectivity index (χ3n) is 11.0. The van der Waals surface area contributed by atoms with Crippen molar-refractivity contribution in [2.75, 3.05) is 5.73 Å². The van der Waals surface area contributed by atoms with E-state index in [2.05, 4.69) is 0 Å². The molecule has 0 aromatic heterocycles. The second-order valence-electron chi connectivity index (χ2n) is 14.7. The molecular weight excluding hydrogens is 757 g/mol. The Labute approximate surface area is 342 Å². The summed E-state index contributed by atoms with van der Waals surface area (Å²) < 4.78 is 60.9. The third kappa shape index (κ3) is 6.42. The van der Waals surface area contributed by atoms with Crippen LogP contribution >= 0.6 is 0 Å². The number of anilines is 1. The van der Waals surface area contributed by atoms with Gasteiger partial charge in [0.05, 0.1) is 40.3 Å². The van der Waals surface area contributed by atoms with Crippen LogP contribution in [0.4, 0.5) is 23.2 Å². The normalized spacial score (nSPS) is 12.2. The van der Waals surface area contributed by atoms with Crippen LogP contribution in [0, 0.1) is 57.3 Å². The first-order valence-corrected chi connectivity index (χ1v) is 18.8. The highest BCUT2D eigenvalue weighted by Gasteiger charge is 2.46. The summed E-state index contributed by atoms with van der Waals surface area (Å²) in [5.41, 5.74) is 14.0. The summed E-state index contributed by atoms with van der Waals surface area (Å²) in [6.45, 7) is 0. The zero-order chi connectivity index (χ0) is 41.7. The molecule has 8 aromatic carbocycles. The Morgan fingerprint density at radius 2 is 0.683 bits per heavy atom. The van der Waals surface area contributed by atoms with Crippen molar-refractivity contribution in [3.63, 3.8) is 0 Å². The van der Waals surface area contributed by atoms with Crippen LogP contribution in [-0.4, -0.2) is 0 Å². The van der Waals surface area contributed by atoms with Crippen molar-refractivity contribution in [1.29, 1.82) is 15.8 Å². The monoisotopic (exact) mass is 784 g/mol. The average Bonchev–Trinajstić information content (AvgIpc) is 3.56. The van der Waals surface area contributed by atoms with Gasteiger partial charge in [0.2, 0.25) is 0 Å². The molecule has 1 aliphatic carbocycles. The van der Waals surface area contributed by atoms with Crippen LogP contribution in [0.3, 0.4) is 0 Å². The van der Waals surface area contributed by atoms with Crippen molar-refractivity contribution >= 4 is 5.69 Å². The number of benzene rings is 8. The van der Waals surface area contributed by atoms with Crippen LogP contribution in [-0.2, 0) is 5.41 Å². The number of halogens is 4. The van der Waals surface area contributed by atoms with Crippen LogP contribution in [0.5, 0.6) is 0 Å². The third-order valence-corrected chi connectivity index (χ3v) is 11.0. The molecule has 8 heteroatoms. The van der Waals surface area contributed by atoms with Gasteiger partial charge in [-0.05, 0) is 187 Å². The van der Waals surface area contributed by atoms with Crippen molar-refractivity contribution in [3.8, 4) is 73.8 Å². The summed E-state index contributed by atoms with van der Waals surface area (Å²) in [5.74, 6) is -2.43. The van der Waals surface area contributed by atoms with E-state index in [1.807, 2.05) is 91.0 Å². The van der Waals surface area contributed by atoms with Crippen LogP contribution in [0.2, 0.25) is 0 Å². The predicted octanol–water partition coefficient (Wildman–Crippen LogP) is 12.5. The molecule has 0 radical (unpaired) electrons. The summed E-state index contributed by atoms with van der Waals surface area (Å²) >= 11 is 0. The molecule has 0 saturated carbocycles. The molecule has 9 rings (SSSR count). The zero-order valence-corrected chi connectivity index (χ0v) is 31.4. The largest absolute Gasteiger partial charge is 0.399 e. The molecule has 0 aliphatic heterocycles. The molecule has 0 amide bonds. The number of rotatable bonds is 6. The number of hydrogen-bond donors (Lipinski definition) is 1. The van der Waals surface area contributed by atoms with E-state index in [9.17, 15) is 15.8 Å². The van der Waals surface area contributed by atoms with E-state index in [-0.39, 0.29) is 22.4 Å². The van der Waals surface area contributed by atoms with E-state index < -0.39 is 28.7 Å². The standard InChI is InChI=1S/C52H28F4N4/c53-43-12-30(27-57)9-33(21-43)36-15-37(34-10-31(28-58)13-44(54)22-34)18-41(17-36)52(50-7-3-1-5-48(50)49-6-2-4-8-51(49)52)42-19-38(35-11-32(29-59)14-45(55)23-35)16-39(20-42)40-24-46(56)26-47(60)25-40/h1-26H,60H2. The maximum atomic E-state index is 15.2. The Kier molecular flexibility index (Phi) is 9.09. The molecule has 2 N–H and O–H groups in total. The van der Waals surface area contributed by atoms with Gasteiger partial charge >= 0.3 is 0 Å². The first kappa shape index (κ1) is 37.3. The lowest BCUT2D eigenvalue weighted by Gasteiger charge is -2.35. The summed E-state index contributed by atoms with van der Waals surface area (Å²) in [4.78, 5) is 0. The Bertz CT molecular complexity index is 3070. The molecule has 0 spiro atoms. The lowest BCUT2D eigenvalue weighted by Crippen LogP contribution is -2.29. The van der Waals surface area contributed by atoms with E-state index >= 15 is 17.6 Å². The minimum Gasteiger partial charge on any atom is -0.399 e. The quantitative estimate of drug-likeness (QED) is 0.134. The summed E-state index contributed by atoms with van der Waals surface area (Å²) in [5, 5.41) is 29.6. The van der Waals surface area contributed by atoms with Crippen LogP contribution in [0.1, 0.15) is 38.9 Å². The van der Waals surface area contributed by atoms with Gasteiger partial charge in [0.25, 0.3) is 0 Å². The Morgan fingerprint density at radius 1 is 0.367 bits per heavy atom. The minimum absolute atomic E-state index is 0.0966. The molecule has 0 heterocycles. The summed E-state index contributed by atoms with van der Waals surface area (Å²) in [6, 6.07) is 49.5. The molecule has 0 unspecified atom stereocenters. The minimum atomic E-state index is -1.22. The highest BCUT2D eigenvalue weighted by molar-refractivity contribution is 5.90. The molecule has 0 saturated heterocycles. The van der Waals surface area contributed by atoms with E-state index in [1.165, 1.54) is 30.3 Å². The molecule has 0 fully saturated rings. The lowest BCUT2D eigenvalue weighted by atomic mass is 9.66. The number of hydrogen-bond acceptors (Lipinski definition) is 4. The van der Waals surface area contributed by atoms with Gasteiger partial charge in [0.1, 0.15) is 23.3 Å². The second kappa shape index (κ2) is 14.6. The molecule has 4 nitrogen and oxygen atoms in total. The Hall–Kier alpha value is -8.25. The fourth-order valence-corrected chi connectivity index (χ4v) is 8.62. The lowest BCUT2D eigenvalue weighted by molar-refractivity contribution is 0.627. The van der Waals surface area contributed by atoms with Crippen molar-refractivity contribution < 1.29 is 17.6 Å². The number of nitriles is 3. The fourth-order valence-electron chi connectivity index (χ4n) is 8.62. The topological polar surface area (TPSA) is 97.4 Å². The summed E-state index contributed by atoms with van der Waals surface area (Å²) in [7, 11) is 0. The van der Waals surface area contributed by atoms with Gasteiger partial charge < -0.3 is 5.73 Å². The van der Waals surface area contributed by atoms with E-state index in [1.54, 1.807) is 36.4 Å². The fraction of sp³-hybridized carbons (Fsp3) is 0.0192. The van der Waals surface area contributed by atoms with Gasteiger partial charge in [-0.2, -0.15) is 15.8 Å². The second-order valence-corrected chi connectivity index (χ2v) is 14.7. The van der Waals surface area contributed by atoms with E-state index in [0.717, 1.165) is 40.5 Å². The maximum Gasteiger partial charge on any atom is 0.125 e. The molecule has 8 aromatic rings.